The molecule has 0 saturated carbocycles. The van der Waals surface area contributed by atoms with Crippen LogP contribution in [-0.2, 0) is 34.0 Å². The molecule has 0 aliphatic carbocycles. The third kappa shape index (κ3) is 12.1. The van der Waals surface area contributed by atoms with Crippen LogP contribution in [0.3, 0.4) is 0 Å². The number of hydrogen-bond acceptors (Lipinski definition) is 7. The molecule has 1 fully saturated rings. The first-order valence-electron chi connectivity index (χ1n) is 19.0. The molecule has 0 radical (unpaired) electrons. The number of nitrogens with zero attached hydrogens (tertiary/aromatic N) is 5. The number of primary amides is 1. The lowest BCUT2D eigenvalue weighted by molar-refractivity contribution is -0.147. The van der Waals surface area contributed by atoms with Crippen molar-refractivity contribution in [3.8, 4) is 5.75 Å². The number of nitrogens with one attached hydrogen (secondary N) is 1. The number of amides is 4. The number of halogens is 1. The van der Waals surface area contributed by atoms with Gasteiger partial charge < -0.3 is 25.6 Å². The Kier molecular flexibility index (Phi) is 15.8. The van der Waals surface area contributed by atoms with Gasteiger partial charge in [-0.2, -0.15) is 0 Å². The predicted molar refractivity (Wildman–Crippen MR) is 200 cm³/mol. The average molecular weight is 734 g/mol. The number of hydrogen-bond donors (Lipinski definition) is 2. The number of likely N-dealkylation sites (N-methyl/N-ethyl adjacent to an activating group) is 1. The first kappa shape index (κ1) is 41.0. The molecule has 1 saturated heterocycles. The second kappa shape index (κ2) is 20.4. The van der Waals surface area contributed by atoms with Gasteiger partial charge in [0, 0.05) is 32.6 Å². The van der Waals surface area contributed by atoms with Crippen LogP contribution in [0, 0.1) is 11.7 Å². The minimum absolute atomic E-state index is 0.00614. The molecule has 3 aromatic rings. The fourth-order valence-corrected chi connectivity index (χ4v) is 6.77. The number of likely N-dealkylation sites (tertiary alicyclic amines) is 1. The number of carbonyl (C=O) groups is 4. The third-order valence-electron chi connectivity index (χ3n) is 9.69. The van der Waals surface area contributed by atoms with Crippen molar-refractivity contribution in [1.82, 2.24) is 30.1 Å². The molecular formula is C40H56FN7O5. The van der Waals surface area contributed by atoms with E-state index in [0.717, 1.165) is 37.1 Å². The Hall–Kier alpha value is -4.81. The Morgan fingerprint density at radius 3 is 2.45 bits per heavy atom. The number of aromatic nitrogens is 3. The Morgan fingerprint density at radius 2 is 1.75 bits per heavy atom. The predicted octanol–water partition coefficient (Wildman–Crippen LogP) is 5.44. The molecule has 4 amide bonds. The average Bonchev–Trinajstić information content (AvgIpc) is 3.82. The van der Waals surface area contributed by atoms with Crippen molar-refractivity contribution in [3.63, 3.8) is 0 Å². The maximum absolute atomic E-state index is 14.4. The summed E-state index contributed by atoms with van der Waals surface area (Å²) in [6.07, 6.45) is 11.6. The molecule has 1 aliphatic rings. The monoisotopic (exact) mass is 733 g/mol. The van der Waals surface area contributed by atoms with E-state index in [1.54, 1.807) is 10.9 Å². The van der Waals surface area contributed by atoms with E-state index in [4.69, 9.17) is 10.5 Å². The fourth-order valence-electron chi connectivity index (χ4n) is 6.77. The van der Waals surface area contributed by atoms with Crippen molar-refractivity contribution in [2.24, 2.45) is 11.7 Å². The molecule has 3 atom stereocenters. The molecule has 2 heterocycles. The Balaban J connectivity index is 1.41. The maximum atomic E-state index is 14.4. The van der Waals surface area contributed by atoms with E-state index < -0.39 is 47.6 Å². The highest BCUT2D eigenvalue weighted by molar-refractivity contribution is 6.00. The van der Waals surface area contributed by atoms with Gasteiger partial charge in [0.2, 0.25) is 17.7 Å². The van der Waals surface area contributed by atoms with Gasteiger partial charge in [0.1, 0.15) is 42.0 Å². The van der Waals surface area contributed by atoms with E-state index in [-0.39, 0.29) is 30.3 Å². The van der Waals surface area contributed by atoms with Crippen LogP contribution in [0.5, 0.6) is 5.75 Å². The summed E-state index contributed by atoms with van der Waals surface area (Å²) in [5, 5.41) is 11.2. The van der Waals surface area contributed by atoms with Crippen LogP contribution in [-0.4, -0.2) is 80.1 Å². The van der Waals surface area contributed by atoms with E-state index >= 15 is 0 Å². The van der Waals surface area contributed by atoms with Crippen LogP contribution >= 0.6 is 0 Å². The van der Waals surface area contributed by atoms with Crippen molar-refractivity contribution >= 4 is 23.6 Å². The summed E-state index contributed by atoms with van der Waals surface area (Å²) in [5.41, 5.74) is 7.19. The van der Waals surface area contributed by atoms with Gasteiger partial charge in [-0.05, 0) is 49.3 Å². The van der Waals surface area contributed by atoms with Gasteiger partial charge in [0.25, 0.3) is 5.91 Å². The van der Waals surface area contributed by atoms with Crippen LogP contribution in [0.1, 0.15) is 107 Å². The highest BCUT2D eigenvalue weighted by Crippen LogP contribution is 2.25. The van der Waals surface area contributed by atoms with Gasteiger partial charge >= 0.3 is 0 Å². The second-order valence-electron chi connectivity index (χ2n) is 14.4. The zero-order valence-corrected chi connectivity index (χ0v) is 31.6. The molecule has 53 heavy (non-hydrogen) atoms. The molecule has 0 bridgehead atoms. The Labute approximate surface area is 312 Å². The SMILES string of the molecule is CCCCCCCCCn1cc(COc2cc(F)ccc2C(=O)N[C@H](CC(C)C)C(=O)N2CCC[C@@H]2C(=O)N(C)[C@@H](Cc2ccccc2)C(N)=O)nn1. The molecule has 288 valence electrons. The van der Waals surface area contributed by atoms with Crippen LogP contribution in [0.4, 0.5) is 4.39 Å². The fraction of sp³-hybridized carbons (Fsp3) is 0.550. The van der Waals surface area contributed by atoms with E-state index in [0.29, 0.717) is 31.5 Å². The summed E-state index contributed by atoms with van der Waals surface area (Å²) < 4.78 is 22.1. The quantitative estimate of drug-likeness (QED) is 0.138. The number of unbranched alkanes of at least 4 members (excludes halogenated alkanes) is 6. The molecule has 13 heteroatoms. The summed E-state index contributed by atoms with van der Waals surface area (Å²) in [6.45, 7) is 7.09. The van der Waals surface area contributed by atoms with Gasteiger partial charge in [0.05, 0.1) is 11.8 Å². The van der Waals surface area contributed by atoms with Crippen LogP contribution in [0.2, 0.25) is 0 Å². The molecule has 4 rings (SSSR count). The number of benzene rings is 2. The first-order valence-corrected chi connectivity index (χ1v) is 19.0. The molecule has 12 nitrogen and oxygen atoms in total. The molecule has 0 unspecified atom stereocenters. The summed E-state index contributed by atoms with van der Waals surface area (Å²) >= 11 is 0. The highest BCUT2D eigenvalue weighted by Gasteiger charge is 2.41. The van der Waals surface area contributed by atoms with E-state index in [2.05, 4.69) is 22.6 Å². The van der Waals surface area contributed by atoms with Crippen molar-refractivity contribution in [3.05, 3.63) is 77.4 Å². The van der Waals surface area contributed by atoms with Crippen molar-refractivity contribution in [1.29, 1.82) is 0 Å². The molecule has 1 aromatic heterocycles. The van der Waals surface area contributed by atoms with E-state index in [1.165, 1.54) is 55.0 Å². The smallest absolute Gasteiger partial charge is 0.255 e. The Bertz CT molecular complexity index is 1650. The zero-order chi connectivity index (χ0) is 38.3. The highest BCUT2D eigenvalue weighted by atomic mass is 19.1. The number of rotatable bonds is 21. The van der Waals surface area contributed by atoms with Gasteiger partial charge in [-0.1, -0.05) is 94.8 Å². The summed E-state index contributed by atoms with van der Waals surface area (Å²) in [5.74, 6) is -2.62. The molecular weight excluding hydrogens is 677 g/mol. The number of nitrogens with two attached hydrogens (primary N) is 1. The standard InChI is InChI=1S/C40H56FN7O5/c1-5-6-7-8-9-10-14-21-47-26-31(44-45-47)27-53-36-25-30(41)19-20-32(36)38(50)43-33(23-28(2)3)39(51)48-22-15-18-34(48)40(52)46(4)35(37(42)49)24-29-16-12-11-13-17-29/h11-13,16-17,19-20,25-26,28,33-35H,5-10,14-15,18,21-24,27H2,1-4H3,(H2,42,49)(H,43,50)/t33-,34-,35+/m1/s1. The van der Waals surface area contributed by atoms with Gasteiger partial charge in [0.15, 0.2) is 0 Å². The van der Waals surface area contributed by atoms with Crippen LogP contribution in [0.25, 0.3) is 0 Å². The lowest BCUT2D eigenvalue weighted by Gasteiger charge is -2.34. The lowest BCUT2D eigenvalue weighted by atomic mass is 10.0. The van der Waals surface area contributed by atoms with Gasteiger partial charge in [-0.25, -0.2) is 4.39 Å². The maximum Gasteiger partial charge on any atom is 0.255 e. The minimum Gasteiger partial charge on any atom is -0.486 e. The molecule has 3 N–H and O–H groups in total. The van der Waals surface area contributed by atoms with Crippen molar-refractivity contribution in [2.45, 2.75) is 123 Å². The summed E-state index contributed by atoms with van der Waals surface area (Å²) in [7, 11) is 1.53. The number of carbonyl (C=O) groups excluding carboxylic acids is 4. The normalized spacial score (nSPS) is 15.3. The van der Waals surface area contributed by atoms with Crippen LogP contribution < -0.4 is 15.8 Å². The minimum atomic E-state index is -0.970. The molecule has 2 aromatic carbocycles. The number of ether oxygens (including phenoxy) is 1. The lowest BCUT2D eigenvalue weighted by Crippen LogP contribution is -2.56. The van der Waals surface area contributed by atoms with Crippen molar-refractivity contribution in [2.75, 3.05) is 13.6 Å². The van der Waals surface area contributed by atoms with E-state index in [9.17, 15) is 23.6 Å². The molecule has 1 aliphatic heterocycles. The summed E-state index contributed by atoms with van der Waals surface area (Å²) in [4.78, 5) is 57.0. The zero-order valence-electron chi connectivity index (χ0n) is 31.6. The second-order valence-corrected chi connectivity index (χ2v) is 14.4. The van der Waals surface area contributed by atoms with Gasteiger partial charge in [-0.3, -0.25) is 23.9 Å². The molecule has 0 spiro atoms. The van der Waals surface area contributed by atoms with Gasteiger partial charge in [-0.15, -0.1) is 5.10 Å². The number of aryl methyl sites for hydroxylation is 1. The van der Waals surface area contributed by atoms with E-state index in [1.807, 2.05) is 44.2 Å². The first-order chi connectivity index (χ1) is 25.5. The summed E-state index contributed by atoms with van der Waals surface area (Å²) in [6, 6.07) is 10.2. The van der Waals surface area contributed by atoms with Crippen molar-refractivity contribution < 1.29 is 28.3 Å². The Morgan fingerprint density at radius 1 is 1.04 bits per heavy atom. The topological polar surface area (TPSA) is 153 Å². The largest absolute Gasteiger partial charge is 0.486 e. The van der Waals surface area contributed by atoms with Crippen LogP contribution in [0.15, 0.2) is 54.7 Å². The third-order valence-corrected chi connectivity index (χ3v) is 9.69.